The van der Waals surface area contributed by atoms with Crippen LogP contribution in [0.4, 0.5) is 5.69 Å². The van der Waals surface area contributed by atoms with E-state index in [1.807, 2.05) is 83.1 Å². The van der Waals surface area contributed by atoms with Crippen LogP contribution >= 0.6 is 0 Å². The van der Waals surface area contributed by atoms with E-state index in [4.69, 9.17) is 23.7 Å². The van der Waals surface area contributed by atoms with Crippen LogP contribution in [0, 0.1) is 29.1 Å². The lowest BCUT2D eigenvalue weighted by molar-refractivity contribution is -0.146. The SMILES string of the molecule is CC(C)[C@H](CC(=O)CCOCCOCCOCCOCCC(=O)NCCC(=O)N1Cc2ccccc2C#Cc2ccccc21)C(=O)N[C@@H](C)C(=O)NCCCC(=O)OCC(C)(C)C. The number of hydrogen-bond acceptors (Lipinski definition) is 11. The molecule has 0 radical (unpaired) electrons. The molecule has 63 heavy (non-hydrogen) atoms. The highest BCUT2D eigenvalue weighted by atomic mass is 16.6. The molecule has 1 aliphatic heterocycles. The topological polar surface area (TPSA) is 188 Å². The first-order valence-corrected chi connectivity index (χ1v) is 22.0. The first-order chi connectivity index (χ1) is 30.1. The zero-order valence-electron chi connectivity index (χ0n) is 38.0. The molecule has 1 aliphatic rings. The van der Waals surface area contributed by atoms with Crippen molar-refractivity contribution in [1.82, 2.24) is 16.0 Å². The molecule has 0 saturated carbocycles. The highest BCUT2D eigenvalue weighted by Crippen LogP contribution is 2.26. The fourth-order valence-corrected chi connectivity index (χ4v) is 6.18. The number of hydrogen-bond donors (Lipinski definition) is 3. The summed E-state index contributed by atoms with van der Waals surface area (Å²) in [5, 5.41) is 8.24. The molecule has 2 aromatic rings. The van der Waals surface area contributed by atoms with Gasteiger partial charge in [-0.2, -0.15) is 0 Å². The molecular weight excluding hydrogens is 809 g/mol. The summed E-state index contributed by atoms with van der Waals surface area (Å²) in [6.07, 6.45) is 1.09. The molecule has 0 unspecified atom stereocenters. The standard InChI is InChI=1S/C48H68N4O11/c1-35(2)41(47(58)51-36(3)46(57)50-22-11-16-45(56)63-34-48(4,5)6)32-40(53)20-24-59-26-28-61-30-31-62-29-27-60-25-21-43(54)49-23-19-44(55)52-33-39-14-8-7-12-37(39)17-18-38-13-9-10-15-42(38)52/h7-10,12-15,35-36,41H,11,16,19-34H2,1-6H3,(H,49,54)(H,50,57)(H,51,58)/t36-,41-/m0/s1. The third-order valence-electron chi connectivity index (χ3n) is 9.81. The molecule has 0 fully saturated rings. The van der Waals surface area contributed by atoms with E-state index in [1.165, 1.54) is 0 Å². The number of amides is 4. The van der Waals surface area contributed by atoms with Gasteiger partial charge in [-0.1, -0.05) is 76.8 Å². The van der Waals surface area contributed by atoms with Gasteiger partial charge in [0.05, 0.1) is 71.7 Å². The van der Waals surface area contributed by atoms with Gasteiger partial charge >= 0.3 is 5.97 Å². The molecule has 3 rings (SSSR count). The Labute approximate surface area is 373 Å². The largest absolute Gasteiger partial charge is 0.465 e. The van der Waals surface area contributed by atoms with Crippen LogP contribution in [0.5, 0.6) is 0 Å². The molecule has 2 aromatic carbocycles. The Morgan fingerprint density at radius 1 is 0.683 bits per heavy atom. The van der Waals surface area contributed by atoms with E-state index < -0.39 is 12.0 Å². The number of carbonyl (C=O) groups excluding carboxylic acids is 6. The highest BCUT2D eigenvalue weighted by molar-refractivity contribution is 5.95. The number of nitrogens with zero attached hydrogens (tertiary/aromatic N) is 1. The number of esters is 1. The molecule has 15 heteroatoms. The monoisotopic (exact) mass is 876 g/mol. The van der Waals surface area contributed by atoms with Crippen LogP contribution in [0.25, 0.3) is 0 Å². The Balaban J connectivity index is 1.15. The van der Waals surface area contributed by atoms with Crippen molar-refractivity contribution in [2.75, 3.05) is 77.5 Å². The number of anilines is 1. The van der Waals surface area contributed by atoms with Crippen molar-refractivity contribution < 1.29 is 52.5 Å². The summed E-state index contributed by atoms with van der Waals surface area (Å²) in [5.74, 6) is 4.20. The molecule has 4 amide bonds. The lowest BCUT2D eigenvalue weighted by atomic mass is 9.89. The van der Waals surface area contributed by atoms with Crippen LogP contribution in [0.3, 0.4) is 0 Å². The fraction of sp³-hybridized carbons (Fsp3) is 0.583. The molecular formula is C48H68N4O11. The quantitative estimate of drug-likeness (QED) is 0.0593. The Hall–Kier alpha value is -5.14. The average Bonchev–Trinajstić information content (AvgIpc) is 3.23. The molecule has 0 spiro atoms. The van der Waals surface area contributed by atoms with E-state index in [2.05, 4.69) is 27.8 Å². The van der Waals surface area contributed by atoms with Crippen molar-refractivity contribution in [3.05, 3.63) is 65.2 Å². The van der Waals surface area contributed by atoms with Gasteiger partial charge in [0.15, 0.2) is 0 Å². The number of ketones is 1. The lowest BCUT2D eigenvalue weighted by Crippen LogP contribution is -2.48. The third kappa shape index (κ3) is 21.2. The number of carbonyl (C=O) groups is 6. The lowest BCUT2D eigenvalue weighted by Gasteiger charge is -2.26. The van der Waals surface area contributed by atoms with Crippen molar-refractivity contribution >= 4 is 41.1 Å². The summed E-state index contributed by atoms with van der Waals surface area (Å²) in [6.45, 7) is 14.8. The van der Waals surface area contributed by atoms with Gasteiger partial charge in [-0.05, 0) is 48.4 Å². The van der Waals surface area contributed by atoms with Crippen LogP contribution < -0.4 is 20.9 Å². The highest BCUT2D eigenvalue weighted by Gasteiger charge is 2.28. The predicted octanol–water partition coefficient (Wildman–Crippen LogP) is 4.51. The molecule has 3 N–H and O–H groups in total. The fourth-order valence-electron chi connectivity index (χ4n) is 6.18. The Morgan fingerprint density at radius 2 is 1.27 bits per heavy atom. The number of nitrogens with one attached hydrogen (secondary N) is 3. The van der Waals surface area contributed by atoms with Crippen LogP contribution in [-0.4, -0.2) is 114 Å². The summed E-state index contributed by atoms with van der Waals surface area (Å²) < 4.78 is 27.3. The number of rotatable bonds is 29. The zero-order chi connectivity index (χ0) is 46.0. The van der Waals surface area contributed by atoms with Gasteiger partial charge in [0.2, 0.25) is 23.6 Å². The van der Waals surface area contributed by atoms with Gasteiger partial charge in [0, 0.05) is 62.2 Å². The van der Waals surface area contributed by atoms with Crippen molar-refractivity contribution in [3.63, 3.8) is 0 Å². The van der Waals surface area contributed by atoms with Crippen LogP contribution in [0.2, 0.25) is 0 Å². The maximum atomic E-state index is 13.3. The van der Waals surface area contributed by atoms with E-state index in [-0.39, 0.29) is 105 Å². The zero-order valence-corrected chi connectivity index (χ0v) is 38.0. The second kappa shape index (κ2) is 28.5. The van der Waals surface area contributed by atoms with Crippen molar-refractivity contribution in [2.24, 2.45) is 17.3 Å². The second-order valence-electron chi connectivity index (χ2n) is 16.9. The smallest absolute Gasteiger partial charge is 0.305 e. The molecule has 1 heterocycles. The first kappa shape index (κ1) is 52.2. The molecule has 0 aliphatic carbocycles. The number of para-hydroxylation sites is 1. The molecule has 0 bridgehead atoms. The van der Waals surface area contributed by atoms with Crippen LogP contribution in [0.1, 0.15) is 96.8 Å². The summed E-state index contributed by atoms with van der Waals surface area (Å²) in [6, 6.07) is 14.6. The first-order valence-electron chi connectivity index (χ1n) is 22.0. The summed E-state index contributed by atoms with van der Waals surface area (Å²) in [4.78, 5) is 77.4. The van der Waals surface area contributed by atoms with Crippen molar-refractivity contribution in [1.29, 1.82) is 0 Å². The van der Waals surface area contributed by atoms with E-state index in [9.17, 15) is 28.8 Å². The van der Waals surface area contributed by atoms with Crippen molar-refractivity contribution in [3.8, 4) is 11.8 Å². The minimum Gasteiger partial charge on any atom is -0.465 e. The van der Waals surface area contributed by atoms with Gasteiger partial charge in [0.1, 0.15) is 11.8 Å². The van der Waals surface area contributed by atoms with E-state index in [0.717, 1.165) is 22.4 Å². The molecule has 0 aromatic heterocycles. The van der Waals surface area contributed by atoms with E-state index in [1.54, 1.807) is 11.8 Å². The summed E-state index contributed by atoms with van der Waals surface area (Å²) in [7, 11) is 0. The summed E-state index contributed by atoms with van der Waals surface area (Å²) >= 11 is 0. The van der Waals surface area contributed by atoms with Crippen molar-refractivity contribution in [2.45, 2.75) is 92.7 Å². The Bertz CT molecular complexity index is 1850. The molecule has 0 saturated heterocycles. The van der Waals surface area contributed by atoms with Gasteiger partial charge < -0.3 is 44.5 Å². The maximum Gasteiger partial charge on any atom is 0.305 e. The minimum atomic E-state index is -0.803. The number of ether oxygens (including phenoxy) is 5. The van der Waals surface area contributed by atoms with Crippen LogP contribution in [-0.2, 0) is 59.0 Å². The number of fused-ring (bicyclic) bond motifs is 2. The molecule has 2 atom stereocenters. The third-order valence-corrected chi connectivity index (χ3v) is 9.81. The summed E-state index contributed by atoms with van der Waals surface area (Å²) in [5.41, 5.74) is 3.28. The van der Waals surface area contributed by atoms with Gasteiger partial charge in [-0.3, -0.25) is 28.8 Å². The van der Waals surface area contributed by atoms with E-state index >= 15 is 0 Å². The maximum absolute atomic E-state index is 13.3. The number of Topliss-reactive ketones (excluding diaryl/α,β-unsaturated/α-hetero) is 1. The number of benzene rings is 2. The normalized spacial score (nSPS) is 13.0. The predicted molar refractivity (Wildman–Crippen MR) is 238 cm³/mol. The van der Waals surface area contributed by atoms with Crippen LogP contribution in [0.15, 0.2) is 48.5 Å². The van der Waals surface area contributed by atoms with Gasteiger partial charge in [-0.25, -0.2) is 0 Å². The molecule has 15 nitrogen and oxygen atoms in total. The van der Waals surface area contributed by atoms with E-state index in [0.29, 0.717) is 59.2 Å². The van der Waals surface area contributed by atoms with Gasteiger partial charge in [-0.15, -0.1) is 0 Å². The average molecular weight is 877 g/mol. The minimum absolute atomic E-state index is 0.0350. The molecule has 346 valence electrons. The second-order valence-corrected chi connectivity index (χ2v) is 16.9. The Morgan fingerprint density at radius 3 is 1.92 bits per heavy atom. The Kier molecular flexibility index (Phi) is 23.6. The van der Waals surface area contributed by atoms with Gasteiger partial charge in [0.25, 0.3) is 0 Å².